The average molecular weight is 329 g/mol. The molecule has 0 spiro atoms. The van der Waals surface area contributed by atoms with Gasteiger partial charge in [0.15, 0.2) is 11.5 Å². The van der Waals surface area contributed by atoms with E-state index in [-0.39, 0.29) is 18.7 Å². The predicted octanol–water partition coefficient (Wildman–Crippen LogP) is 2.12. The maximum Gasteiger partial charge on any atom is 0.165 e. The van der Waals surface area contributed by atoms with Crippen LogP contribution >= 0.6 is 7.14 Å². The number of imidazole rings is 1. The van der Waals surface area contributed by atoms with Gasteiger partial charge in [-0.15, -0.1) is 0 Å². The topological polar surface area (TPSA) is 95.9 Å². The molecule has 0 aliphatic rings. The fourth-order valence-corrected chi connectivity index (χ4v) is 3.34. The van der Waals surface area contributed by atoms with E-state index < -0.39 is 19.9 Å². The number of alkyl halides is 1. The maximum atomic E-state index is 13.2. The van der Waals surface area contributed by atoms with Gasteiger partial charge in [-0.3, -0.25) is 0 Å². The second-order valence-corrected chi connectivity index (χ2v) is 8.73. The van der Waals surface area contributed by atoms with Crippen molar-refractivity contribution in [3.63, 3.8) is 0 Å². The monoisotopic (exact) mass is 329 g/mol. The number of aromatic nitrogens is 4. The molecular formula is C13H21FN5O2P. The Labute approximate surface area is 128 Å². The number of rotatable bonds is 8. The van der Waals surface area contributed by atoms with Gasteiger partial charge in [0.05, 0.1) is 12.9 Å². The molecule has 122 valence electrons. The molecule has 0 bridgehead atoms. The van der Waals surface area contributed by atoms with Gasteiger partial charge < -0.3 is 19.6 Å². The summed E-state index contributed by atoms with van der Waals surface area (Å²) >= 11 is 0. The average Bonchev–Trinajstić information content (AvgIpc) is 2.95. The third kappa shape index (κ3) is 3.62. The van der Waals surface area contributed by atoms with Gasteiger partial charge in [0.2, 0.25) is 0 Å². The number of hydrogen-bond acceptors (Lipinski definition) is 6. The van der Waals surface area contributed by atoms with Gasteiger partial charge >= 0.3 is 0 Å². The molecule has 1 atom stereocenters. The van der Waals surface area contributed by atoms with Gasteiger partial charge in [-0.1, -0.05) is 13.8 Å². The molecule has 7 nitrogen and oxygen atoms in total. The minimum Gasteiger partial charge on any atom is -0.382 e. The van der Waals surface area contributed by atoms with E-state index in [1.165, 1.54) is 12.7 Å². The van der Waals surface area contributed by atoms with Crippen molar-refractivity contribution in [1.29, 1.82) is 0 Å². The smallest absolute Gasteiger partial charge is 0.165 e. The Morgan fingerprint density at radius 1 is 1.36 bits per heavy atom. The normalized spacial score (nSPS) is 13.6. The summed E-state index contributed by atoms with van der Waals surface area (Å²) in [5.41, 5.74) is 6.73. The highest BCUT2D eigenvalue weighted by molar-refractivity contribution is 7.63. The molecule has 9 heteroatoms. The Morgan fingerprint density at radius 2 is 2.09 bits per heavy atom. The number of fused-ring (bicyclic) bond motifs is 1. The lowest BCUT2D eigenvalue weighted by atomic mass is 10.4. The Kier molecular flexibility index (Phi) is 5.47. The highest BCUT2D eigenvalue weighted by Crippen LogP contribution is 2.44. The molecule has 2 aromatic rings. The molecule has 0 radical (unpaired) electrons. The lowest BCUT2D eigenvalue weighted by Gasteiger charge is -2.20. The lowest BCUT2D eigenvalue weighted by Crippen LogP contribution is -2.23. The molecule has 0 aromatic carbocycles. The van der Waals surface area contributed by atoms with Crippen molar-refractivity contribution in [1.82, 2.24) is 19.5 Å². The van der Waals surface area contributed by atoms with E-state index >= 15 is 0 Å². The summed E-state index contributed by atoms with van der Waals surface area (Å²) in [6, 6.07) is 0. The fraction of sp³-hybridized carbons (Fsp3) is 0.615. The Morgan fingerprint density at radius 3 is 2.73 bits per heavy atom. The fourth-order valence-electron chi connectivity index (χ4n) is 2.05. The van der Waals surface area contributed by atoms with Crippen LogP contribution in [0, 0.1) is 0 Å². The molecule has 22 heavy (non-hydrogen) atoms. The summed E-state index contributed by atoms with van der Waals surface area (Å²) < 4.78 is 32.7. The van der Waals surface area contributed by atoms with Crippen molar-refractivity contribution < 1.29 is 13.7 Å². The van der Waals surface area contributed by atoms with Crippen molar-refractivity contribution in [3.8, 4) is 0 Å². The van der Waals surface area contributed by atoms with Gasteiger partial charge in [-0.25, -0.2) is 19.3 Å². The minimum absolute atomic E-state index is 0.0956. The summed E-state index contributed by atoms with van der Waals surface area (Å²) in [5.74, 6) is 0.280. The van der Waals surface area contributed by atoms with Gasteiger partial charge in [-0.2, -0.15) is 0 Å². The Bertz CT molecular complexity index is 669. The first-order valence-corrected chi connectivity index (χ1v) is 9.45. The van der Waals surface area contributed by atoms with Crippen molar-refractivity contribution >= 4 is 24.1 Å². The van der Waals surface area contributed by atoms with Gasteiger partial charge in [0, 0.05) is 12.3 Å². The predicted molar refractivity (Wildman–Crippen MR) is 84.1 cm³/mol. The first kappa shape index (κ1) is 16.8. The van der Waals surface area contributed by atoms with Crippen molar-refractivity contribution in [2.45, 2.75) is 26.5 Å². The number of ether oxygens (including phenoxy) is 1. The lowest BCUT2D eigenvalue weighted by molar-refractivity contribution is 0.0521. The third-order valence-corrected chi connectivity index (χ3v) is 6.62. The van der Waals surface area contributed by atoms with Crippen LogP contribution in [0.3, 0.4) is 0 Å². The highest BCUT2D eigenvalue weighted by atomic mass is 31.2. The van der Waals surface area contributed by atoms with Crippen LogP contribution in [-0.2, 0) is 15.8 Å². The first-order valence-electron chi connectivity index (χ1n) is 7.19. The largest absolute Gasteiger partial charge is 0.382 e. The summed E-state index contributed by atoms with van der Waals surface area (Å²) in [4.78, 5) is 12.1. The van der Waals surface area contributed by atoms with Crippen molar-refractivity contribution in [2.75, 3.05) is 31.1 Å². The number of hydrogen-bond donors (Lipinski definition) is 1. The van der Waals surface area contributed by atoms with E-state index in [0.29, 0.717) is 23.5 Å². The SMILES string of the molecule is CCP(=O)(CC)COC(CF)Cn1cnc2c(N)ncnc21. The molecule has 2 aromatic heterocycles. The molecule has 0 amide bonds. The van der Waals surface area contributed by atoms with E-state index in [1.807, 2.05) is 13.8 Å². The zero-order chi connectivity index (χ0) is 16.2. The highest BCUT2D eigenvalue weighted by Gasteiger charge is 2.21. The van der Waals surface area contributed by atoms with Crippen LogP contribution in [0.2, 0.25) is 0 Å². The second-order valence-electron chi connectivity index (χ2n) is 5.09. The molecule has 0 fully saturated rings. The van der Waals surface area contributed by atoms with E-state index in [9.17, 15) is 8.96 Å². The molecule has 0 aliphatic carbocycles. The van der Waals surface area contributed by atoms with Gasteiger partial charge in [-0.05, 0) is 0 Å². The van der Waals surface area contributed by atoms with Crippen LogP contribution in [0.1, 0.15) is 13.8 Å². The third-order valence-electron chi connectivity index (χ3n) is 3.70. The molecule has 2 N–H and O–H groups in total. The zero-order valence-electron chi connectivity index (χ0n) is 12.8. The van der Waals surface area contributed by atoms with Gasteiger partial charge in [0.1, 0.15) is 38.1 Å². The van der Waals surface area contributed by atoms with E-state index in [2.05, 4.69) is 15.0 Å². The zero-order valence-corrected chi connectivity index (χ0v) is 13.7. The second kappa shape index (κ2) is 7.15. The summed E-state index contributed by atoms with van der Waals surface area (Å²) in [5, 5.41) is 0. The number of nitrogen functional groups attached to an aromatic ring is 1. The molecule has 0 aliphatic heterocycles. The molecule has 1 unspecified atom stereocenters. The van der Waals surface area contributed by atoms with Crippen LogP contribution in [-0.4, -0.2) is 51.0 Å². The molecular weight excluding hydrogens is 308 g/mol. The Hall–Kier alpha value is -1.53. The van der Waals surface area contributed by atoms with E-state index in [1.54, 1.807) is 4.57 Å². The van der Waals surface area contributed by atoms with Crippen LogP contribution < -0.4 is 5.73 Å². The van der Waals surface area contributed by atoms with E-state index in [4.69, 9.17) is 10.5 Å². The molecule has 2 rings (SSSR count). The molecule has 2 heterocycles. The van der Waals surface area contributed by atoms with Crippen LogP contribution in [0.4, 0.5) is 10.2 Å². The van der Waals surface area contributed by atoms with Gasteiger partial charge in [0.25, 0.3) is 0 Å². The maximum absolute atomic E-state index is 13.2. The molecule has 0 saturated heterocycles. The summed E-state index contributed by atoms with van der Waals surface area (Å²) in [6.45, 7) is 3.28. The minimum atomic E-state index is -2.35. The van der Waals surface area contributed by atoms with E-state index in [0.717, 1.165) is 0 Å². The number of anilines is 1. The van der Waals surface area contributed by atoms with Crippen LogP contribution in [0.5, 0.6) is 0 Å². The van der Waals surface area contributed by atoms with Crippen LogP contribution in [0.25, 0.3) is 11.2 Å². The number of nitrogens with two attached hydrogens (primary N) is 1. The summed E-state index contributed by atoms with van der Waals surface area (Å²) in [6.07, 6.45) is 3.38. The van der Waals surface area contributed by atoms with Crippen molar-refractivity contribution in [3.05, 3.63) is 12.7 Å². The number of nitrogens with zero attached hydrogens (tertiary/aromatic N) is 4. The Balaban J connectivity index is 2.09. The standard InChI is InChI=1S/C13H21FN5O2P/c1-3-22(20,4-2)9-21-10(5-14)6-19-8-18-11-12(15)16-7-17-13(11)19/h7-8,10H,3-6,9H2,1-2H3,(H2,15,16,17). The number of halogens is 1. The quantitative estimate of drug-likeness (QED) is 0.745. The molecule has 0 saturated carbocycles. The summed E-state index contributed by atoms with van der Waals surface area (Å²) in [7, 11) is -2.35. The van der Waals surface area contributed by atoms with Crippen molar-refractivity contribution in [2.24, 2.45) is 0 Å². The van der Waals surface area contributed by atoms with Crippen LogP contribution in [0.15, 0.2) is 12.7 Å². The first-order chi connectivity index (χ1) is 10.5.